The third kappa shape index (κ3) is 2.84. The number of hydrogen-bond acceptors (Lipinski definition) is 3. The Bertz CT molecular complexity index is 562. The van der Waals surface area contributed by atoms with Gasteiger partial charge in [0.25, 0.3) is 0 Å². The van der Waals surface area contributed by atoms with E-state index >= 15 is 0 Å². The van der Waals surface area contributed by atoms with Gasteiger partial charge in [-0.15, -0.1) is 11.3 Å². The standard InChI is InChI=1S/C16H24N2O2S/c1-9(2)13-14(19)17-16(5,6)15(20)18(13)11(4)12-8-7-10(3)21-12/h7-9,11,13H,1-6H3,(H,17,19). The molecule has 2 heterocycles. The van der Waals surface area contributed by atoms with Crippen molar-refractivity contribution < 1.29 is 9.59 Å². The molecule has 1 N–H and O–H groups in total. The van der Waals surface area contributed by atoms with Gasteiger partial charge in [-0.3, -0.25) is 9.59 Å². The van der Waals surface area contributed by atoms with Crippen LogP contribution in [0.3, 0.4) is 0 Å². The first-order chi connectivity index (χ1) is 9.65. The molecule has 1 saturated heterocycles. The molecule has 1 aromatic heterocycles. The van der Waals surface area contributed by atoms with Crippen LogP contribution in [0.25, 0.3) is 0 Å². The Kier molecular flexibility index (Phi) is 4.15. The lowest BCUT2D eigenvalue weighted by Crippen LogP contribution is -2.69. The predicted molar refractivity (Wildman–Crippen MR) is 85.2 cm³/mol. The van der Waals surface area contributed by atoms with Gasteiger partial charge in [0, 0.05) is 9.75 Å². The van der Waals surface area contributed by atoms with E-state index in [1.807, 2.05) is 20.8 Å². The van der Waals surface area contributed by atoms with Crippen molar-refractivity contribution in [3.63, 3.8) is 0 Å². The number of carbonyl (C=O) groups is 2. The van der Waals surface area contributed by atoms with Crippen LogP contribution >= 0.6 is 11.3 Å². The topological polar surface area (TPSA) is 49.4 Å². The third-order valence-corrected chi connectivity index (χ3v) is 5.17. The highest BCUT2D eigenvalue weighted by Crippen LogP contribution is 2.34. The number of carbonyl (C=O) groups excluding carboxylic acids is 2. The molecule has 1 fully saturated rings. The molecule has 0 radical (unpaired) electrons. The monoisotopic (exact) mass is 308 g/mol. The highest BCUT2D eigenvalue weighted by atomic mass is 32.1. The minimum Gasteiger partial charge on any atom is -0.340 e. The number of piperazine rings is 1. The van der Waals surface area contributed by atoms with Crippen molar-refractivity contribution in [3.05, 3.63) is 21.9 Å². The van der Waals surface area contributed by atoms with Crippen molar-refractivity contribution in [1.29, 1.82) is 0 Å². The van der Waals surface area contributed by atoms with Crippen LogP contribution in [-0.4, -0.2) is 28.3 Å². The zero-order valence-corrected chi connectivity index (χ0v) is 14.4. The van der Waals surface area contributed by atoms with Crippen molar-refractivity contribution in [2.24, 2.45) is 5.92 Å². The van der Waals surface area contributed by atoms with E-state index in [1.54, 1.807) is 30.1 Å². The number of nitrogens with one attached hydrogen (secondary N) is 1. The van der Waals surface area contributed by atoms with Crippen LogP contribution in [0.5, 0.6) is 0 Å². The second-order valence-corrected chi connectivity index (χ2v) is 7.96. The maximum Gasteiger partial charge on any atom is 0.248 e. The predicted octanol–water partition coefficient (Wildman–Crippen LogP) is 2.88. The Hall–Kier alpha value is -1.36. The van der Waals surface area contributed by atoms with E-state index in [9.17, 15) is 9.59 Å². The van der Waals surface area contributed by atoms with Gasteiger partial charge in [-0.1, -0.05) is 13.8 Å². The van der Waals surface area contributed by atoms with E-state index in [0.717, 1.165) is 4.88 Å². The van der Waals surface area contributed by atoms with Gasteiger partial charge in [0.1, 0.15) is 11.6 Å². The second-order valence-electron chi connectivity index (χ2n) is 6.64. The summed E-state index contributed by atoms with van der Waals surface area (Å²) in [5.74, 6) is 0.00244. The Labute approximate surface area is 130 Å². The molecule has 5 heteroatoms. The number of rotatable bonds is 3. The normalized spacial score (nSPS) is 23.4. The van der Waals surface area contributed by atoms with Gasteiger partial charge in [-0.2, -0.15) is 0 Å². The molecule has 0 aromatic carbocycles. The molecule has 116 valence electrons. The number of amides is 2. The van der Waals surface area contributed by atoms with Crippen LogP contribution in [0.4, 0.5) is 0 Å². The Morgan fingerprint density at radius 2 is 1.86 bits per heavy atom. The molecule has 2 unspecified atom stereocenters. The molecule has 0 bridgehead atoms. The van der Waals surface area contributed by atoms with Crippen LogP contribution < -0.4 is 5.32 Å². The molecule has 0 aliphatic carbocycles. The zero-order chi connectivity index (χ0) is 15.9. The summed E-state index contributed by atoms with van der Waals surface area (Å²) < 4.78 is 0. The van der Waals surface area contributed by atoms with Gasteiger partial charge in [0.15, 0.2) is 0 Å². The van der Waals surface area contributed by atoms with E-state index in [-0.39, 0.29) is 23.8 Å². The lowest BCUT2D eigenvalue weighted by Gasteiger charge is -2.46. The fourth-order valence-electron chi connectivity index (χ4n) is 2.87. The van der Waals surface area contributed by atoms with Crippen LogP contribution in [-0.2, 0) is 9.59 Å². The molecular formula is C16H24N2O2S. The van der Waals surface area contributed by atoms with Crippen molar-refractivity contribution in [3.8, 4) is 0 Å². The van der Waals surface area contributed by atoms with Gasteiger partial charge in [0.2, 0.25) is 11.8 Å². The number of hydrogen-bond donors (Lipinski definition) is 1. The summed E-state index contributed by atoms with van der Waals surface area (Å²) in [4.78, 5) is 29.4. The summed E-state index contributed by atoms with van der Waals surface area (Å²) in [5, 5.41) is 2.85. The van der Waals surface area contributed by atoms with Crippen molar-refractivity contribution >= 4 is 23.2 Å². The van der Waals surface area contributed by atoms with Crippen LogP contribution in [0.2, 0.25) is 0 Å². The summed E-state index contributed by atoms with van der Waals surface area (Å²) in [6.07, 6.45) is 0. The van der Waals surface area contributed by atoms with Crippen LogP contribution in [0.15, 0.2) is 12.1 Å². The maximum atomic E-state index is 12.8. The summed E-state index contributed by atoms with van der Waals surface area (Å²) in [5.41, 5.74) is -0.844. The lowest BCUT2D eigenvalue weighted by atomic mass is 9.90. The zero-order valence-electron chi connectivity index (χ0n) is 13.6. The van der Waals surface area contributed by atoms with Gasteiger partial charge in [-0.05, 0) is 45.7 Å². The number of thiophene rings is 1. The van der Waals surface area contributed by atoms with E-state index < -0.39 is 11.6 Å². The lowest BCUT2D eigenvalue weighted by molar-refractivity contribution is -0.158. The molecule has 2 amide bonds. The second kappa shape index (κ2) is 5.44. The van der Waals surface area contributed by atoms with Crippen molar-refractivity contribution in [1.82, 2.24) is 10.2 Å². The Morgan fingerprint density at radius 1 is 1.24 bits per heavy atom. The molecule has 1 aliphatic heterocycles. The molecule has 0 saturated carbocycles. The highest BCUT2D eigenvalue weighted by Gasteiger charge is 2.48. The first-order valence-electron chi connectivity index (χ1n) is 7.36. The van der Waals surface area contributed by atoms with Gasteiger partial charge in [0.05, 0.1) is 6.04 Å². The minimum atomic E-state index is -0.844. The first-order valence-corrected chi connectivity index (χ1v) is 8.18. The molecule has 4 nitrogen and oxygen atoms in total. The molecule has 0 spiro atoms. The minimum absolute atomic E-state index is 0.0145. The van der Waals surface area contributed by atoms with Gasteiger partial charge < -0.3 is 10.2 Å². The fraction of sp³-hybridized carbons (Fsp3) is 0.625. The molecule has 2 atom stereocenters. The largest absolute Gasteiger partial charge is 0.340 e. The van der Waals surface area contributed by atoms with Gasteiger partial charge in [-0.25, -0.2) is 0 Å². The summed E-state index contributed by atoms with van der Waals surface area (Å²) in [6, 6.07) is 3.60. The SMILES string of the molecule is Cc1ccc(C(C)N2C(=O)C(C)(C)NC(=O)C2C(C)C)s1. The number of aryl methyl sites for hydroxylation is 1. The van der Waals surface area contributed by atoms with Gasteiger partial charge >= 0.3 is 0 Å². The smallest absolute Gasteiger partial charge is 0.248 e. The van der Waals surface area contributed by atoms with E-state index in [0.29, 0.717) is 0 Å². The van der Waals surface area contributed by atoms with E-state index in [2.05, 4.69) is 24.4 Å². The highest BCUT2D eigenvalue weighted by molar-refractivity contribution is 7.12. The van der Waals surface area contributed by atoms with Crippen molar-refractivity contribution in [2.75, 3.05) is 0 Å². The number of nitrogens with zero attached hydrogens (tertiary/aromatic N) is 1. The molecule has 1 aliphatic rings. The average molecular weight is 308 g/mol. The quantitative estimate of drug-likeness (QED) is 0.933. The molecule has 21 heavy (non-hydrogen) atoms. The molecule has 1 aromatic rings. The summed E-state index contributed by atoms with van der Waals surface area (Å²) in [7, 11) is 0. The molecular weight excluding hydrogens is 284 g/mol. The van der Waals surface area contributed by atoms with E-state index in [4.69, 9.17) is 0 Å². The van der Waals surface area contributed by atoms with Crippen molar-refractivity contribution in [2.45, 2.75) is 59.2 Å². The van der Waals surface area contributed by atoms with Crippen LogP contribution in [0, 0.1) is 12.8 Å². The third-order valence-electron chi connectivity index (χ3n) is 3.99. The average Bonchev–Trinajstić information content (AvgIpc) is 2.78. The summed E-state index contributed by atoms with van der Waals surface area (Å²) in [6.45, 7) is 11.6. The first kappa shape index (κ1) is 16.0. The molecule has 2 rings (SSSR count). The van der Waals surface area contributed by atoms with E-state index in [1.165, 1.54) is 4.88 Å². The summed E-state index contributed by atoms with van der Waals surface area (Å²) >= 11 is 1.68. The van der Waals surface area contributed by atoms with Crippen LogP contribution in [0.1, 0.15) is 50.4 Å². The Balaban J connectivity index is 2.43. The Morgan fingerprint density at radius 3 is 2.33 bits per heavy atom. The fourth-order valence-corrected chi connectivity index (χ4v) is 3.79. The maximum absolute atomic E-state index is 12.8.